The number of nitrogens with one attached hydrogen (secondary N) is 1. The molecule has 1 amide bonds. The van der Waals surface area contributed by atoms with E-state index in [9.17, 15) is 31.5 Å². The van der Waals surface area contributed by atoms with E-state index in [4.69, 9.17) is 5.11 Å². The molecule has 0 heterocycles. The molecule has 2 atom stereocenters. The second-order valence-corrected chi connectivity index (χ2v) is 4.09. The fourth-order valence-corrected chi connectivity index (χ4v) is 1.74. The molecule has 0 spiro atoms. The third kappa shape index (κ3) is 2.88. The number of hydrogen-bond donors (Lipinski definition) is 2. The van der Waals surface area contributed by atoms with Crippen molar-refractivity contribution in [3.05, 3.63) is 0 Å². The highest BCUT2D eigenvalue weighted by Crippen LogP contribution is 2.36. The quantitative estimate of drug-likeness (QED) is 0.768. The minimum absolute atomic E-state index is 0.0661. The van der Waals surface area contributed by atoms with Crippen LogP contribution < -0.4 is 5.32 Å². The SMILES string of the molecule is O=C(O)[C@@H]1CC[C@H](NC(=O)C(F)(F)C(F)(F)F)C1. The van der Waals surface area contributed by atoms with Gasteiger partial charge >= 0.3 is 24.0 Å². The monoisotopic (exact) mass is 275 g/mol. The molecule has 18 heavy (non-hydrogen) atoms. The second-order valence-electron chi connectivity index (χ2n) is 4.09. The molecule has 104 valence electrons. The van der Waals surface area contributed by atoms with Crippen molar-refractivity contribution in [3.63, 3.8) is 0 Å². The van der Waals surface area contributed by atoms with Crippen LogP contribution in [0.1, 0.15) is 19.3 Å². The van der Waals surface area contributed by atoms with E-state index in [1.165, 1.54) is 5.32 Å². The molecular formula is C9H10F5NO3. The van der Waals surface area contributed by atoms with E-state index < -0.39 is 35.9 Å². The van der Waals surface area contributed by atoms with E-state index in [0.717, 1.165) is 0 Å². The zero-order valence-electron chi connectivity index (χ0n) is 8.93. The van der Waals surface area contributed by atoms with Crippen molar-refractivity contribution >= 4 is 11.9 Å². The maximum absolute atomic E-state index is 12.6. The van der Waals surface area contributed by atoms with Crippen LogP contribution in [0.5, 0.6) is 0 Å². The van der Waals surface area contributed by atoms with Gasteiger partial charge in [-0.3, -0.25) is 9.59 Å². The number of halogens is 5. The van der Waals surface area contributed by atoms with Crippen LogP contribution in [-0.2, 0) is 9.59 Å². The Kier molecular flexibility index (Phi) is 3.82. The molecule has 0 aromatic carbocycles. The molecule has 0 bridgehead atoms. The van der Waals surface area contributed by atoms with E-state index in [1.54, 1.807) is 0 Å². The van der Waals surface area contributed by atoms with Crippen LogP contribution in [-0.4, -0.2) is 35.1 Å². The van der Waals surface area contributed by atoms with E-state index in [1.807, 2.05) is 0 Å². The summed E-state index contributed by atoms with van der Waals surface area (Å²) in [6.45, 7) is 0. The molecule has 0 saturated heterocycles. The smallest absolute Gasteiger partial charge is 0.463 e. The highest BCUT2D eigenvalue weighted by atomic mass is 19.4. The summed E-state index contributed by atoms with van der Waals surface area (Å²) in [6.07, 6.45) is -5.90. The molecule has 9 heteroatoms. The number of amides is 1. The van der Waals surface area contributed by atoms with Crippen LogP contribution in [0.15, 0.2) is 0 Å². The van der Waals surface area contributed by atoms with Crippen LogP contribution in [0, 0.1) is 5.92 Å². The third-order valence-electron chi connectivity index (χ3n) is 2.76. The lowest BCUT2D eigenvalue weighted by atomic mass is 10.1. The number of alkyl halides is 5. The first-order valence-corrected chi connectivity index (χ1v) is 5.04. The lowest BCUT2D eigenvalue weighted by molar-refractivity contribution is -0.270. The summed E-state index contributed by atoms with van der Waals surface area (Å²) in [5, 5.41) is 10.2. The molecule has 1 aliphatic rings. The first-order valence-electron chi connectivity index (χ1n) is 5.04. The fraction of sp³-hybridized carbons (Fsp3) is 0.778. The van der Waals surface area contributed by atoms with Crippen LogP contribution in [0.25, 0.3) is 0 Å². The van der Waals surface area contributed by atoms with Gasteiger partial charge in [0.2, 0.25) is 0 Å². The zero-order chi connectivity index (χ0) is 14.1. The minimum Gasteiger partial charge on any atom is -0.481 e. The van der Waals surface area contributed by atoms with Crippen LogP contribution in [0.2, 0.25) is 0 Å². The highest BCUT2D eigenvalue weighted by Gasteiger charge is 2.63. The van der Waals surface area contributed by atoms with E-state index >= 15 is 0 Å². The van der Waals surface area contributed by atoms with Gasteiger partial charge in [-0.05, 0) is 19.3 Å². The number of hydrogen-bond acceptors (Lipinski definition) is 2. The molecule has 2 N–H and O–H groups in total. The molecule has 0 aromatic heterocycles. The van der Waals surface area contributed by atoms with Gasteiger partial charge in [-0.2, -0.15) is 22.0 Å². The zero-order valence-corrected chi connectivity index (χ0v) is 8.93. The van der Waals surface area contributed by atoms with Crippen molar-refractivity contribution in [2.75, 3.05) is 0 Å². The van der Waals surface area contributed by atoms with Crippen LogP contribution >= 0.6 is 0 Å². The Balaban J connectivity index is 2.60. The molecular weight excluding hydrogens is 265 g/mol. The molecule has 1 rings (SSSR count). The molecule has 1 aliphatic carbocycles. The van der Waals surface area contributed by atoms with Crippen molar-refractivity contribution in [2.24, 2.45) is 5.92 Å². The topological polar surface area (TPSA) is 66.4 Å². The van der Waals surface area contributed by atoms with Gasteiger partial charge in [0.1, 0.15) is 0 Å². The molecule has 4 nitrogen and oxygen atoms in total. The van der Waals surface area contributed by atoms with Gasteiger partial charge in [-0.1, -0.05) is 0 Å². The Hall–Kier alpha value is -1.41. The van der Waals surface area contributed by atoms with E-state index in [2.05, 4.69) is 0 Å². The molecule has 0 aromatic rings. The van der Waals surface area contributed by atoms with E-state index in [0.29, 0.717) is 0 Å². The predicted octanol–water partition coefficient (Wildman–Crippen LogP) is 1.55. The van der Waals surface area contributed by atoms with Crippen LogP contribution in [0.3, 0.4) is 0 Å². The average molecular weight is 275 g/mol. The normalized spacial score (nSPS) is 24.9. The van der Waals surface area contributed by atoms with Gasteiger partial charge in [0.15, 0.2) is 0 Å². The van der Waals surface area contributed by atoms with Gasteiger partial charge < -0.3 is 10.4 Å². The summed E-state index contributed by atoms with van der Waals surface area (Å²) in [6, 6.07) is -0.966. The highest BCUT2D eigenvalue weighted by molar-refractivity contribution is 5.84. The summed E-state index contributed by atoms with van der Waals surface area (Å²) in [7, 11) is 0. The lowest BCUT2D eigenvalue weighted by Gasteiger charge is -2.21. The summed E-state index contributed by atoms with van der Waals surface area (Å²) >= 11 is 0. The van der Waals surface area contributed by atoms with Gasteiger partial charge in [0.25, 0.3) is 0 Å². The molecule has 0 unspecified atom stereocenters. The van der Waals surface area contributed by atoms with Crippen molar-refractivity contribution in [1.29, 1.82) is 0 Å². The Morgan fingerprint density at radius 2 is 1.67 bits per heavy atom. The molecule has 0 radical (unpaired) electrons. The Labute approximate surface area is 98.1 Å². The number of aliphatic carboxylic acids is 1. The summed E-state index contributed by atoms with van der Waals surface area (Å²) < 4.78 is 60.7. The predicted molar refractivity (Wildman–Crippen MR) is 47.9 cm³/mol. The van der Waals surface area contributed by atoms with Crippen molar-refractivity contribution < 1.29 is 36.6 Å². The first kappa shape index (κ1) is 14.7. The number of carboxylic acid groups (broad SMARTS) is 1. The maximum atomic E-state index is 12.6. The van der Waals surface area contributed by atoms with E-state index in [-0.39, 0.29) is 19.3 Å². The molecule has 1 saturated carbocycles. The number of carboxylic acids is 1. The number of carbonyl (C=O) groups is 2. The van der Waals surface area contributed by atoms with Crippen LogP contribution in [0.4, 0.5) is 22.0 Å². The number of rotatable bonds is 3. The summed E-state index contributed by atoms with van der Waals surface area (Å²) in [5.41, 5.74) is 0. The molecule has 1 fully saturated rings. The van der Waals surface area contributed by atoms with Crippen molar-refractivity contribution in [1.82, 2.24) is 5.32 Å². The van der Waals surface area contributed by atoms with Gasteiger partial charge in [0, 0.05) is 6.04 Å². The molecule has 0 aliphatic heterocycles. The standard InChI is InChI=1S/C9H10F5NO3/c10-8(11,9(12,13)14)7(18)15-5-2-1-4(3-5)6(16)17/h4-5H,1-3H2,(H,15,18)(H,16,17)/t4-,5+/m1/s1. The first-order chi connectivity index (χ1) is 8.05. The van der Waals surface area contributed by atoms with Gasteiger partial charge in [-0.15, -0.1) is 0 Å². The Morgan fingerprint density at radius 1 is 1.11 bits per heavy atom. The lowest BCUT2D eigenvalue weighted by Crippen LogP contribution is -2.52. The summed E-state index contributed by atoms with van der Waals surface area (Å²) in [4.78, 5) is 21.4. The minimum atomic E-state index is -5.96. The number of carbonyl (C=O) groups excluding carboxylic acids is 1. The average Bonchev–Trinajstić information content (AvgIpc) is 2.64. The largest absolute Gasteiger partial charge is 0.481 e. The fourth-order valence-electron chi connectivity index (χ4n) is 1.74. The summed E-state index contributed by atoms with van der Waals surface area (Å²) in [5.74, 6) is -9.89. The van der Waals surface area contributed by atoms with Crippen molar-refractivity contribution in [2.45, 2.75) is 37.4 Å². The van der Waals surface area contributed by atoms with Gasteiger partial charge in [-0.25, -0.2) is 0 Å². The maximum Gasteiger partial charge on any atom is 0.463 e. The van der Waals surface area contributed by atoms with Crippen molar-refractivity contribution in [3.8, 4) is 0 Å². The second kappa shape index (κ2) is 4.69. The third-order valence-corrected chi connectivity index (χ3v) is 2.76. The Morgan fingerprint density at radius 3 is 2.06 bits per heavy atom. The Bertz CT molecular complexity index is 355. The van der Waals surface area contributed by atoms with Gasteiger partial charge in [0.05, 0.1) is 5.92 Å².